The first-order valence-corrected chi connectivity index (χ1v) is 12.3. The van der Waals surface area contributed by atoms with Crippen LogP contribution in [0.3, 0.4) is 0 Å². The van der Waals surface area contributed by atoms with Gasteiger partial charge in [-0.25, -0.2) is 0 Å². The summed E-state index contributed by atoms with van der Waals surface area (Å²) >= 11 is 6.19. The van der Waals surface area contributed by atoms with E-state index in [1.807, 2.05) is 12.1 Å². The van der Waals surface area contributed by atoms with Crippen LogP contribution in [0.2, 0.25) is 5.02 Å². The molecule has 5 aromatic carbocycles. The van der Waals surface area contributed by atoms with Crippen molar-refractivity contribution in [1.82, 2.24) is 0 Å². The van der Waals surface area contributed by atoms with Gasteiger partial charge in [0, 0.05) is 16.0 Å². The molecule has 1 heterocycles. The van der Waals surface area contributed by atoms with Crippen molar-refractivity contribution >= 4 is 22.6 Å². The first-order valence-electron chi connectivity index (χ1n) is 11.9. The second kappa shape index (κ2) is 6.75. The number of furan rings is 1. The minimum Gasteiger partial charge on any atom is -0.459 e. The third-order valence-corrected chi connectivity index (χ3v) is 8.01. The van der Waals surface area contributed by atoms with Crippen molar-refractivity contribution < 1.29 is 4.42 Å². The van der Waals surface area contributed by atoms with Crippen molar-refractivity contribution in [2.24, 2.45) is 0 Å². The van der Waals surface area contributed by atoms with Crippen LogP contribution < -0.4 is 0 Å². The molecule has 35 heavy (non-hydrogen) atoms. The zero-order chi connectivity index (χ0) is 23.1. The highest BCUT2D eigenvalue weighted by Crippen LogP contribution is 2.64. The summed E-state index contributed by atoms with van der Waals surface area (Å²) in [5.74, 6) is 1.03. The molecular formula is C33H19ClO. The van der Waals surface area contributed by atoms with Gasteiger partial charge in [0.25, 0.3) is 0 Å². The number of halogens is 1. The van der Waals surface area contributed by atoms with Crippen LogP contribution in [0.5, 0.6) is 0 Å². The van der Waals surface area contributed by atoms with E-state index in [9.17, 15) is 0 Å². The zero-order valence-electron chi connectivity index (χ0n) is 18.8. The van der Waals surface area contributed by atoms with E-state index in [1.165, 1.54) is 49.9 Å². The summed E-state index contributed by atoms with van der Waals surface area (Å²) in [5, 5.41) is 1.92. The summed E-state index contributed by atoms with van der Waals surface area (Å²) in [6.07, 6.45) is 0. The lowest BCUT2D eigenvalue weighted by Gasteiger charge is -2.28. The van der Waals surface area contributed by atoms with Gasteiger partial charge in [-0.1, -0.05) is 103 Å². The lowest BCUT2D eigenvalue weighted by Crippen LogP contribution is -2.25. The molecule has 164 valence electrons. The smallest absolute Gasteiger partial charge is 0.135 e. The van der Waals surface area contributed by atoms with Gasteiger partial charge >= 0.3 is 0 Å². The van der Waals surface area contributed by atoms with Crippen LogP contribution in [0.25, 0.3) is 44.3 Å². The second-order valence-electron chi connectivity index (χ2n) is 9.41. The van der Waals surface area contributed by atoms with E-state index in [0.29, 0.717) is 0 Å². The third-order valence-electron chi connectivity index (χ3n) is 7.76. The molecule has 0 bridgehead atoms. The van der Waals surface area contributed by atoms with E-state index in [2.05, 4.69) is 103 Å². The highest BCUT2D eigenvalue weighted by Gasteiger charge is 2.54. The molecule has 6 aromatic rings. The fourth-order valence-electron chi connectivity index (χ4n) is 6.36. The predicted octanol–water partition coefficient (Wildman–Crippen LogP) is 9.10. The largest absolute Gasteiger partial charge is 0.459 e. The fraction of sp³-hybridized carbons (Fsp3) is 0.0303. The SMILES string of the molecule is Clc1ccc(-c2ccc3c(c2)C2(c4ccccc4-3)c3ccccc3-c3c2oc2ccccc32)cc1. The zero-order valence-corrected chi connectivity index (χ0v) is 19.5. The topological polar surface area (TPSA) is 13.1 Å². The highest BCUT2D eigenvalue weighted by atomic mass is 35.5. The van der Waals surface area contributed by atoms with Crippen LogP contribution in [-0.4, -0.2) is 0 Å². The number of fused-ring (bicyclic) bond motifs is 12. The molecule has 2 heteroatoms. The fourth-order valence-corrected chi connectivity index (χ4v) is 6.49. The first-order chi connectivity index (χ1) is 17.3. The molecule has 2 aliphatic carbocycles. The Bertz CT molecular complexity index is 1810. The van der Waals surface area contributed by atoms with E-state index in [-0.39, 0.29) is 0 Å². The normalized spacial score (nSPS) is 16.8. The van der Waals surface area contributed by atoms with Gasteiger partial charge in [-0.2, -0.15) is 0 Å². The molecule has 0 saturated carbocycles. The van der Waals surface area contributed by atoms with E-state index < -0.39 is 5.41 Å². The lowest BCUT2D eigenvalue weighted by atomic mass is 9.73. The summed E-state index contributed by atoms with van der Waals surface area (Å²) in [4.78, 5) is 0. The van der Waals surface area contributed by atoms with Gasteiger partial charge in [0.2, 0.25) is 0 Å². The van der Waals surface area contributed by atoms with Crippen molar-refractivity contribution in [3.05, 3.63) is 143 Å². The summed E-state index contributed by atoms with van der Waals surface area (Å²) in [6.45, 7) is 0. The monoisotopic (exact) mass is 466 g/mol. The van der Waals surface area contributed by atoms with Crippen LogP contribution in [0.4, 0.5) is 0 Å². The van der Waals surface area contributed by atoms with Gasteiger partial charge in [-0.05, 0) is 68.8 Å². The Labute approximate surface area is 208 Å². The minimum absolute atomic E-state index is 0.487. The molecule has 0 radical (unpaired) electrons. The van der Waals surface area contributed by atoms with Crippen molar-refractivity contribution in [3.63, 3.8) is 0 Å². The Balaban J connectivity index is 1.53. The molecule has 1 atom stereocenters. The first kappa shape index (κ1) is 19.3. The molecule has 0 saturated heterocycles. The summed E-state index contributed by atoms with van der Waals surface area (Å²) in [6, 6.07) is 41.0. The molecule has 0 aliphatic heterocycles. The summed E-state index contributed by atoms with van der Waals surface area (Å²) in [5.41, 5.74) is 11.6. The summed E-state index contributed by atoms with van der Waals surface area (Å²) < 4.78 is 6.79. The molecule has 1 unspecified atom stereocenters. The van der Waals surface area contributed by atoms with Gasteiger partial charge in [-0.3, -0.25) is 0 Å². The van der Waals surface area contributed by atoms with Gasteiger partial charge < -0.3 is 4.42 Å². The van der Waals surface area contributed by atoms with Crippen LogP contribution in [0.1, 0.15) is 22.5 Å². The molecule has 1 aromatic heterocycles. The van der Waals surface area contributed by atoms with Gasteiger partial charge in [0.15, 0.2) is 0 Å². The van der Waals surface area contributed by atoms with E-state index in [4.69, 9.17) is 16.0 Å². The molecule has 8 rings (SSSR count). The Morgan fingerprint density at radius 1 is 0.543 bits per heavy atom. The van der Waals surface area contributed by atoms with Crippen molar-refractivity contribution in [2.45, 2.75) is 5.41 Å². The Kier molecular flexibility index (Phi) is 3.71. The van der Waals surface area contributed by atoms with Crippen molar-refractivity contribution in [1.29, 1.82) is 0 Å². The molecule has 2 aliphatic rings. The minimum atomic E-state index is -0.487. The number of hydrogen-bond acceptors (Lipinski definition) is 1. The summed E-state index contributed by atoms with van der Waals surface area (Å²) in [7, 11) is 0. The quantitative estimate of drug-likeness (QED) is 0.235. The average Bonchev–Trinajstić information content (AvgIpc) is 3.52. The standard InChI is InChI=1S/C33H19ClO/c34-22-16-13-20(14-17-22)21-15-18-24-23-7-1-4-10-27(23)33(29(24)19-21)28-11-5-2-8-25(28)31-26-9-3-6-12-30(26)35-32(31)33/h1-19H. The lowest BCUT2D eigenvalue weighted by molar-refractivity contribution is 0.507. The van der Waals surface area contributed by atoms with Crippen LogP contribution in [0, 0.1) is 0 Å². The maximum absolute atomic E-state index is 6.79. The predicted molar refractivity (Wildman–Crippen MR) is 143 cm³/mol. The van der Waals surface area contributed by atoms with Crippen molar-refractivity contribution in [3.8, 4) is 33.4 Å². The van der Waals surface area contributed by atoms with Gasteiger partial charge in [0.05, 0.1) is 0 Å². The van der Waals surface area contributed by atoms with E-state index >= 15 is 0 Å². The second-order valence-corrected chi connectivity index (χ2v) is 9.85. The van der Waals surface area contributed by atoms with Crippen molar-refractivity contribution in [2.75, 3.05) is 0 Å². The van der Waals surface area contributed by atoms with Gasteiger partial charge in [0.1, 0.15) is 16.8 Å². The molecule has 1 spiro atoms. The Morgan fingerprint density at radius 2 is 1.17 bits per heavy atom. The molecule has 1 nitrogen and oxygen atoms in total. The van der Waals surface area contributed by atoms with E-state index in [0.717, 1.165) is 21.9 Å². The Hall–Kier alpha value is -4.07. The molecular weight excluding hydrogens is 448 g/mol. The number of benzene rings is 5. The van der Waals surface area contributed by atoms with Crippen LogP contribution in [0.15, 0.2) is 120 Å². The number of para-hydroxylation sites is 1. The molecule has 0 amide bonds. The maximum Gasteiger partial charge on any atom is 0.135 e. The van der Waals surface area contributed by atoms with Crippen LogP contribution in [-0.2, 0) is 5.41 Å². The average molecular weight is 467 g/mol. The Morgan fingerprint density at radius 3 is 2.00 bits per heavy atom. The maximum atomic E-state index is 6.79. The van der Waals surface area contributed by atoms with Gasteiger partial charge in [-0.15, -0.1) is 0 Å². The van der Waals surface area contributed by atoms with E-state index in [1.54, 1.807) is 0 Å². The number of rotatable bonds is 1. The highest BCUT2D eigenvalue weighted by molar-refractivity contribution is 6.30. The molecule has 0 N–H and O–H groups in total. The number of hydrogen-bond donors (Lipinski definition) is 0. The molecule has 0 fully saturated rings. The third kappa shape index (κ3) is 2.34. The van der Waals surface area contributed by atoms with Crippen LogP contribution >= 0.6 is 11.6 Å².